The highest BCUT2D eigenvalue weighted by Gasteiger charge is 2.29. The first kappa shape index (κ1) is 13.4. The number of nitrogens with zero attached hydrogens (tertiary/aromatic N) is 1. The lowest BCUT2D eigenvalue weighted by atomic mass is 9.98. The van der Waals surface area contributed by atoms with Crippen LogP contribution < -0.4 is 10.6 Å². The Kier molecular flexibility index (Phi) is 3.74. The number of benzene rings is 1. The average Bonchev–Trinajstić information content (AvgIpc) is 2.38. The number of piperidine rings is 1. The van der Waals surface area contributed by atoms with Crippen LogP contribution in [-0.4, -0.2) is 29.6 Å². The molecule has 1 heterocycles. The standard InChI is InChI=1S/C14H18N2O3/c1-9-5-6-10(14(18)19)12(8-9)16-7-3-2-4-11(16)13(15)17/h5-6,8,11H,2-4,7H2,1H3,(H2,15,17)(H,18,19). The Labute approximate surface area is 112 Å². The van der Waals surface area contributed by atoms with Gasteiger partial charge >= 0.3 is 5.97 Å². The van der Waals surface area contributed by atoms with E-state index in [2.05, 4.69) is 0 Å². The lowest BCUT2D eigenvalue weighted by Gasteiger charge is -2.36. The zero-order valence-corrected chi connectivity index (χ0v) is 10.9. The highest BCUT2D eigenvalue weighted by molar-refractivity contribution is 5.96. The highest BCUT2D eigenvalue weighted by Crippen LogP contribution is 2.29. The van der Waals surface area contributed by atoms with Crippen LogP contribution in [0.25, 0.3) is 0 Å². The van der Waals surface area contributed by atoms with Crippen molar-refractivity contribution in [3.63, 3.8) is 0 Å². The Morgan fingerprint density at radius 1 is 1.37 bits per heavy atom. The van der Waals surface area contributed by atoms with Crippen LogP contribution in [0.15, 0.2) is 18.2 Å². The minimum absolute atomic E-state index is 0.221. The van der Waals surface area contributed by atoms with E-state index in [4.69, 9.17) is 5.73 Å². The van der Waals surface area contributed by atoms with Gasteiger partial charge in [-0.05, 0) is 43.9 Å². The minimum atomic E-state index is -0.983. The van der Waals surface area contributed by atoms with Crippen LogP contribution in [0, 0.1) is 6.92 Å². The number of hydrogen-bond donors (Lipinski definition) is 2. The molecule has 1 aliphatic heterocycles. The molecule has 0 radical (unpaired) electrons. The molecule has 1 amide bonds. The molecule has 3 N–H and O–H groups in total. The summed E-state index contributed by atoms with van der Waals surface area (Å²) in [5, 5.41) is 9.27. The third-order valence-corrected chi connectivity index (χ3v) is 3.52. The van der Waals surface area contributed by atoms with Gasteiger partial charge in [-0.3, -0.25) is 4.79 Å². The molecular weight excluding hydrogens is 244 g/mol. The van der Waals surface area contributed by atoms with Gasteiger partial charge in [0.2, 0.25) is 5.91 Å². The SMILES string of the molecule is Cc1ccc(C(=O)O)c(N2CCCCC2C(N)=O)c1. The first-order chi connectivity index (χ1) is 9.00. The van der Waals surface area contributed by atoms with Crippen LogP contribution in [0.3, 0.4) is 0 Å². The van der Waals surface area contributed by atoms with Crippen LogP contribution in [0.5, 0.6) is 0 Å². The monoisotopic (exact) mass is 262 g/mol. The van der Waals surface area contributed by atoms with Crippen molar-refractivity contribution in [2.75, 3.05) is 11.4 Å². The first-order valence-electron chi connectivity index (χ1n) is 6.40. The average molecular weight is 262 g/mol. The van der Waals surface area contributed by atoms with Crippen LogP contribution in [0.1, 0.15) is 35.2 Å². The maximum absolute atomic E-state index is 11.5. The first-order valence-corrected chi connectivity index (χ1v) is 6.40. The summed E-state index contributed by atoms with van der Waals surface area (Å²) in [5.74, 6) is -1.37. The van der Waals surface area contributed by atoms with E-state index >= 15 is 0 Å². The van der Waals surface area contributed by atoms with Crippen LogP contribution in [-0.2, 0) is 4.79 Å². The van der Waals surface area contributed by atoms with Gasteiger partial charge in [-0.2, -0.15) is 0 Å². The summed E-state index contributed by atoms with van der Waals surface area (Å²) in [6.45, 7) is 2.57. The van der Waals surface area contributed by atoms with E-state index in [1.807, 2.05) is 17.9 Å². The van der Waals surface area contributed by atoms with Gasteiger partial charge in [0.1, 0.15) is 6.04 Å². The van der Waals surface area contributed by atoms with E-state index in [9.17, 15) is 14.7 Å². The molecule has 1 fully saturated rings. The number of carbonyl (C=O) groups excluding carboxylic acids is 1. The third kappa shape index (κ3) is 2.70. The second-order valence-electron chi connectivity index (χ2n) is 4.93. The zero-order chi connectivity index (χ0) is 14.0. The molecule has 0 bridgehead atoms. The maximum atomic E-state index is 11.5. The molecule has 1 unspecified atom stereocenters. The molecule has 1 atom stereocenters. The molecule has 0 aromatic heterocycles. The van der Waals surface area contributed by atoms with Crippen molar-refractivity contribution in [3.8, 4) is 0 Å². The number of carbonyl (C=O) groups is 2. The molecule has 1 aliphatic rings. The maximum Gasteiger partial charge on any atom is 0.337 e. The molecule has 5 nitrogen and oxygen atoms in total. The second-order valence-corrected chi connectivity index (χ2v) is 4.93. The summed E-state index contributed by atoms with van der Waals surface area (Å²) in [6, 6.07) is 4.74. The van der Waals surface area contributed by atoms with Gasteiger partial charge in [0.25, 0.3) is 0 Å². The van der Waals surface area contributed by atoms with Gasteiger partial charge in [0.15, 0.2) is 0 Å². The van der Waals surface area contributed by atoms with Crippen molar-refractivity contribution in [3.05, 3.63) is 29.3 Å². The van der Waals surface area contributed by atoms with Crippen molar-refractivity contribution >= 4 is 17.6 Å². The largest absolute Gasteiger partial charge is 0.478 e. The quantitative estimate of drug-likeness (QED) is 0.865. The van der Waals surface area contributed by atoms with E-state index in [1.165, 1.54) is 0 Å². The topological polar surface area (TPSA) is 83.6 Å². The number of primary amides is 1. The highest BCUT2D eigenvalue weighted by atomic mass is 16.4. The van der Waals surface area contributed by atoms with Gasteiger partial charge in [0, 0.05) is 6.54 Å². The van der Waals surface area contributed by atoms with Gasteiger partial charge in [-0.1, -0.05) is 6.07 Å². The summed E-state index contributed by atoms with van der Waals surface area (Å²) in [7, 11) is 0. The molecule has 0 saturated carbocycles. The molecule has 1 saturated heterocycles. The van der Waals surface area contributed by atoms with Crippen LogP contribution in [0.2, 0.25) is 0 Å². The number of rotatable bonds is 3. The summed E-state index contributed by atoms with van der Waals surface area (Å²) < 4.78 is 0. The number of anilines is 1. The molecule has 0 aliphatic carbocycles. The Hall–Kier alpha value is -2.04. The van der Waals surface area contributed by atoms with Crippen molar-refractivity contribution in [1.29, 1.82) is 0 Å². The second kappa shape index (κ2) is 5.30. The zero-order valence-electron chi connectivity index (χ0n) is 10.9. The fourth-order valence-corrected chi connectivity index (χ4v) is 2.58. The van der Waals surface area contributed by atoms with E-state index in [0.29, 0.717) is 18.7 Å². The molecule has 19 heavy (non-hydrogen) atoms. The van der Waals surface area contributed by atoms with E-state index in [1.54, 1.807) is 12.1 Å². The molecule has 1 aromatic rings. The molecular formula is C14H18N2O3. The van der Waals surface area contributed by atoms with Gasteiger partial charge < -0.3 is 15.7 Å². The van der Waals surface area contributed by atoms with Gasteiger partial charge in [-0.15, -0.1) is 0 Å². The predicted molar refractivity (Wildman–Crippen MR) is 72.3 cm³/mol. The Morgan fingerprint density at radius 2 is 2.11 bits per heavy atom. The lowest BCUT2D eigenvalue weighted by molar-refractivity contribution is -0.119. The smallest absolute Gasteiger partial charge is 0.337 e. The number of carboxylic acid groups (broad SMARTS) is 1. The summed E-state index contributed by atoms with van der Waals surface area (Å²) >= 11 is 0. The number of aromatic carboxylic acids is 1. The molecule has 5 heteroatoms. The number of carboxylic acids is 1. The fourth-order valence-electron chi connectivity index (χ4n) is 2.58. The molecule has 2 rings (SSSR count). The van der Waals surface area contributed by atoms with E-state index < -0.39 is 17.9 Å². The number of nitrogens with two attached hydrogens (primary N) is 1. The van der Waals surface area contributed by atoms with Crippen LogP contribution >= 0.6 is 0 Å². The van der Waals surface area contributed by atoms with E-state index in [-0.39, 0.29) is 5.56 Å². The minimum Gasteiger partial charge on any atom is -0.478 e. The van der Waals surface area contributed by atoms with Crippen molar-refractivity contribution in [2.45, 2.75) is 32.2 Å². The van der Waals surface area contributed by atoms with Gasteiger partial charge in [0.05, 0.1) is 11.3 Å². The Morgan fingerprint density at radius 3 is 2.74 bits per heavy atom. The summed E-state index contributed by atoms with van der Waals surface area (Å²) in [5.41, 5.74) is 7.21. The van der Waals surface area contributed by atoms with Gasteiger partial charge in [-0.25, -0.2) is 4.79 Å². The summed E-state index contributed by atoms with van der Waals surface area (Å²) in [4.78, 5) is 24.7. The molecule has 0 spiro atoms. The fraction of sp³-hybridized carbons (Fsp3) is 0.429. The van der Waals surface area contributed by atoms with Crippen LogP contribution in [0.4, 0.5) is 5.69 Å². The normalized spacial score (nSPS) is 19.2. The number of hydrogen-bond acceptors (Lipinski definition) is 3. The summed E-state index contributed by atoms with van der Waals surface area (Å²) in [6.07, 6.45) is 2.57. The number of amides is 1. The van der Waals surface area contributed by atoms with E-state index in [0.717, 1.165) is 18.4 Å². The van der Waals surface area contributed by atoms with Crippen molar-refractivity contribution in [1.82, 2.24) is 0 Å². The Balaban J connectivity index is 2.46. The number of aryl methyl sites for hydroxylation is 1. The molecule has 102 valence electrons. The Bertz CT molecular complexity index is 513. The van der Waals surface area contributed by atoms with Crippen molar-refractivity contribution < 1.29 is 14.7 Å². The predicted octanol–water partition coefficient (Wildman–Crippen LogP) is 1.54. The third-order valence-electron chi connectivity index (χ3n) is 3.52. The lowest BCUT2D eigenvalue weighted by Crippen LogP contribution is -2.48. The van der Waals surface area contributed by atoms with Crippen molar-refractivity contribution in [2.24, 2.45) is 5.73 Å². The molecule has 1 aromatic carbocycles.